The molecule has 0 radical (unpaired) electrons. The average Bonchev–Trinajstić information content (AvgIpc) is 2.15. The van der Waals surface area contributed by atoms with Gasteiger partial charge in [-0.1, -0.05) is 20.8 Å². The number of nitrogens with two attached hydrogens (primary N) is 1. The number of aliphatic hydroxyl groups excluding tert-OH is 1. The van der Waals surface area contributed by atoms with Crippen LogP contribution in [0, 0.1) is 11.3 Å². The van der Waals surface area contributed by atoms with Crippen LogP contribution in [0.2, 0.25) is 0 Å². The number of hydrogen-bond acceptors (Lipinski definition) is 2. The Morgan fingerprint density at radius 1 is 1.55 bits per heavy atom. The Morgan fingerprint density at radius 2 is 2.09 bits per heavy atom. The van der Waals surface area contributed by atoms with Crippen LogP contribution in [-0.4, -0.2) is 17.3 Å². The molecule has 3 N–H and O–H groups in total. The summed E-state index contributed by atoms with van der Waals surface area (Å²) in [4.78, 5) is 0. The molecular weight excluding hydrogens is 138 g/mol. The summed E-state index contributed by atoms with van der Waals surface area (Å²) in [5.74, 6) is 0.447. The van der Waals surface area contributed by atoms with Gasteiger partial charge in [-0.25, -0.2) is 0 Å². The highest BCUT2D eigenvalue weighted by Gasteiger charge is 2.49. The minimum Gasteiger partial charge on any atom is -0.394 e. The van der Waals surface area contributed by atoms with Gasteiger partial charge in [0, 0.05) is 5.54 Å². The summed E-state index contributed by atoms with van der Waals surface area (Å²) in [6, 6.07) is 0. The van der Waals surface area contributed by atoms with E-state index in [9.17, 15) is 5.11 Å². The van der Waals surface area contributed by atoms with Gasteiger partial charge in [0.1, 0.15) is 0 Å². The van der Waals surface area contributed by atoms with Crippen molar-refractivity contribution in [2.75, 3.05) is 6.61 Å². The van der Waals surface area contributed by atoms with Crippen molar-refractivity contribution in [1.82, 2.24) is 0 Å². The summed E-state index contributed by atoms with van der Waals surface area (Å²) in [5, 5.41) is 9.21. The van der Waals surface area contributed by atoms with Gasteiger partial charge in [-0.3, -0.25) is 0 Å². The molecule has 1 aliphatic carbocycles. The Bertz CT molecular complexity index is 156. The highest BCUT2D eigenvalue weighted by Crippen LogP contribution is 2.47. The van der Waals surface area contributed by atoms with Gasteiger partial charge < -0.3 is 10.8 Å². The average molecular weight is 157 g/mol. The SMILES string of the molecule is CC1CCC(C)(C)C1(N)CO. The van der Waals surface area contributed by atoms with Gasteiger partial charge in [0.15, 0.2) is 0 Å². The van der Waals surface area contributed by atoms with Crippen molar-refractivity contribution < 1.29 is 5.11 Å². The smallest absolute Gasteiger partial charge is 0.0619 e. The van der Waals surface area contributed by atoms with Gasteiger partial charge in [0.25, 0.3) is 0 Å². The highest BCUT2D eigenvalue weighted by molar-refractivity contribution is 5.05. The standard InChI is InChI=1S/C9H19NO/c1-7-4-5-8(2,3)9(7,10)6-11/h7,11H,4-6,10H2,1-3H3. The topological polar surface area (TPSA) is 46.2 Å². The van der Waals surface area contributed by atoms with Crippen LogP contribution in [0.4, 0.5) is 0 Å². The zero-order valence-electron chi connectivity index (χ0n) is 7.72. The summed E-state index contributed by atoms with van der Waals surface area (Å²) in [6.45, 7) is 6.53. The van der Waals surface area contributed by atoms with Gasteiger partial charge in [0.2, 0.25) is 0 Å². The maximum atomic E-state index is 9.21. The van der Waals surface area contributed by atoms with Crippen LogP contribution < -0.4 is 5.73 Å². The summed E-state index contributed by atoms with van der Waals surface area (Å²) >= 11 is 0. The number of rotatable bonds is 1. The van der Waals surface area contributed by atoms with E-state index in [1.54, 1.807) is 0 Å². The molecule has 0 amide bonds. The molecule has 0 spiro atoms. The molecule has 2 heteroatoms. The zero-order chi connectivity index (χ0) is 8.70. The Labute approximate surface area is 68.8 Å². The van der Waals surface area contributed by atoms with Gasteiger partial charge in [-0.15, -0.1) is 0 Å². The molecule has 1 rings (SSSR count). The molecule has 0 aromatic rings. The minimum atomic E-state index is -0.354. The molecule has 0 aromatic carbocycles. The lowest BCUT2D eigenvalue weighted by atomic mass is 9.73. The van der Waals surface area contributed by atoms with Crippen LogP contribution in [0.1, 0.15) is 33.6 Å². The second kappa shape index (κ2) is 2.46. The normalized spacial score (nSPS) is 42.8. The third-order valence-corrected chi connectivity index (χ3v) is 3.60. The number of hydrogen-bond donors (Lipinski definition) is 2. The molecule has 11 heavy (non-hydrogen) atoms. The van der Waals surface area contributed by atoms with Crippen molar-refractivity contribution in [3.63, 3.8) is 0 Å². The van der Waals surface area contributed by atoms with Gasteiger partial charge in [-0.2, -0.15) is 0 Å². The van der Waals surface area contributed by atoms with Crippen LogP contribution in [0.5, 0.6) is 0 Å². The van der Waals surface area contributed by atoms with Crippen LogP contribution in [0.3, 0.4) is 0 Å². The Balaban J connectivity index is 2.88. The molecule has 0 saturated heterocycles. The molecule has 66 valence electrons. The fourth-order valence-electron chi connectivity index (χ4n) is 2.10. The molecule has 1 fully saturated rings. The zero-order valence-corrected chi connectivity index (χ0v) is 7.72. The van der Waals surface area contributed by atoms with E-state index in [0.717, 1.165) is 12.8 Å². The van der Waals surface area contributed by atoms with E-state index in [0.29, 0.717) is 5.92 Å². The van der Waals surface area contributed by atoms with E-state index >= 15 is 0 Å². The molecule has 1 saturated carbocycles. The predicted molar refractivity (Wildman–Crippen MR) is 46.2 cm³/mol. The van der Waals surface area contributed by atoms with Crippen LogP contribution in [-0.2, 0) is 0 Å². The summed E-state index contributed by atoms with van der Waals surface area (Å²) in [5.41, 5.74) is 5.87. The van der Waals surface area contributed by atoms with Crippen molar-refractivity contribution in [2.24, 2.45) is 17.1 Å². The van der Waals surface area contributed by atoms with E-state index in [1.807, 2.05) is 0 Å². The van der Waals surface area contributed by atoms with Gasteiger partial charge in [0.05, 0.1) is 6.61 Å². The lowest BCUT2D eigenvalue weighted by Crippen LogP contribution is -2.55. The first-order valence-electron chi connectivity index (χ1n) is 4.34. The van der Waals surface area contributed by atoms with Crippen molar-refractivity contribution in [3.05, 3.63) is 0 Å². The summed E-state index contributed by atoms with van der Waals surface area (Å²) < 4.78 is 0. The minimum absolute atomic E-state index is 0.0984. The van der Waals surface area contributed by atoms with Crippen molar-refractivity contribution in [2.45, 2.75) is 39.2 Å². The maximum Gasteiger partial charge on any atom is 0.0619 e. The van der Waals surface area contributed by atoms with E-state index in [-0.39, 0.29) is 17.6 Å². The maximum absolute atomic E-state index is 9.21. The van der Waals surface area contributed by atoms with E-state index < -0.39 is 0 Å². The molecule has 0 bridgehead atoms. The molecule has 2 unspecified atom stereocenters. The molecule has 2 nitrogen and oxygen atoms in total. The van der Waals surface area contributed by atoms with Crippen LogP contribution >= 0.6 is 0 Å². The Morgan fingerprint density at radius 3 is 2.27 bits per heavy atom. The van der Waals surface area contributed by atoms with Crippen molar-refractivity contribution in [1.29, 1.82) is 0 Å². The summed E-state index contributed by atoms with van der Waals surface area (Å²) in [7, 11) is 0. The first-order chi connectivity index (χ1) is 4.94. The first kappa shape index (κ1) is 9.01. The summed E-state index contributed by atoms with van der Waals surface area (Å²) in [6.07, 6.45) is 2.27. The molecule has 0 heterocycles. The third kappa shape index (κ3) is 1.09. The largest absolute Gasteiger partial charge is 0.394 e. The second-order valence-corrected chi connectivity index (χ2v) is 4.52. The predicted octanol–water partition coefficient (Wildman–Crippen LogP) is 1.13. The van der Waals surface area contributed by atoms with E-state index in [1.165, 1.54) is 0 Å². The van der Waals surface area contributed by atoms with Crippen molar-refractivity contribution in [3.8, 4) is 0 Å². The number of aliphatic hydroxyl groups is 1. The molecule has 0 aliphatic heterocycles. The van der Waals surface area contributed by atoms with E-state index in [4.69, 9.17) is 5.73 Å². The van der Waals surface area contributed by atoms with Gasteiger partial charge >= 0.3 is 0 Å². The van der Waals surface area contributed by atoms with Crippen LogP contribution in [0.25, 0.3) is 0 Å². The van der Waals surface area contributed by atoms with Crippen molar-refractivity contribution >= 4 is 0 Å². The van der Waals surface area contributed by atoms with E-state index in [2.05, 4.69) is 20.8 Å². The molecule has 1 aliphatic rings. The molecular formula is C9H19NO. The molecule has 2 atom stereocenters. The lowest BCUT2D eigenvalue weighted by molar-refractivity contribution is 0.0840. The fourth-order valence-corrected chi connectivity index (χ4v) is 2.10. The van der Waals surface area contributed by atoms with Crippen LogP contribution in [0.15, 0.2) is 0 Å². The first-order valence-corrected chi connectivity index (χ1v) is 4.34. The quantitative estimate of drug-likeness (QED) is 0.599. The third-order valence-electron chi connectivity index (χ3n) is 3.60. The molecule has 0 aromatic heterocycles. The fraction of sp³-hybridized carbons (Fsp3) is 1.00. The second-order valence-electron chi connectivity index (χ2n) is 4.52. The van der Waals surface area contributed by atoms with Gasteiger partial charge in [-0.05, 0) is 24.2 Å². The Hall–Kier alpha value is -0.0800. The lowest BCUT2D eigenvalue weighted by Gasteiger charge is -2.39. The monoisotopic (exact) mass is 157 g/mol. The Kier molecular flexibility index (Phi) is 2.01. The highest BCUT2D eigenvalue weighted by atomic mass is 16.3.